The molecule has 2 aromatic rings. The zero-order valence-electron chi connectivity index (χ0n) is 16.3. The number of nitrogens with zero attached hydrogens (tertiary/aromatic N) is 3. The lowest BCUT2D eigenvalue weighted by molar-refractivity contribution is -0.142. The molecule has 0 saturated heterocycles. The molecule has 2 rings (SSSR count). The molecule has 9 nitrogen and oxygen atoms in total. The van der Waals surface area contributed by atoms with Crippen molar-refractivity contribution in [3.63, 3.8) is 0 Å². The summed E-state index contributed by atoms with van der Waals surface area (Å²) in [6.45, 7) is 0.639. The minimum Gasteiger partial charge on any atom is -0.463 e. The number of nitrogens with one attached hydrogen (secondary N) is 2. The predicted molar refractivity (Wildman–Crippen MR) is 114 cm³/mol. The predicted octanol–water partition coefficient (Wildman–Crippen LogP) is 3.29. The van der Waals surface area contributed by atoms with Crippen LogP contribution in [-0.4, -0.2) is 40.7 Å². The number of nitrogens with two attached hydrogens (primary N) is 1. The Morgan fingerprint density at radius 2 is 2.03 bits per heavy atom. The lowest BCUT2D eigenvalue weighted by Crippen LogP contribution is -2.39. The van der Waals surface area contributed by atoms with E-state index >= 15 is 0 Å². The van der Waals surface area contributed by atoms with Crippen molar-refractivity contribution in [1.29, 1.82) is 5.26 Å². The molecule has 0 fully saturated rings. The molecule has 0 aliphatic heterocycles. The van der Waals surface area contributed by atoms with Crippen molar-refractivity contribution < 1.29 is 27.5 Å². The van der Waals surface area contributed by atoms with Gasteiger partial charge in [0.2, 0.25) is 11.9 Å². The molecule has 0 aliphatic carbocycles. The molecule has 1 aromatic heterocycles. The average Bonchev–Trinajstić information content (AvgIpc) is 2.69. The molecule has 1 heterocycles. The van der Waals surface area contributed by atoms with Crippen molar-refractivity contribution in [3.8, 4) is 6.07 Å². The van der Waals surface area contributed by atoms with Crippen LogP contribution in [-0.2, 0) is 20.5 Å². The molecule has 0 spiro atoms. The highest BCUT2D eigenvalue weighted by Gasteiger charge is 2.31. The van der Waals surface area contributed by atoms with Crippen LogP contribution in [0.2, 0.25) is 0 Å². The number of hydrogen-bond acceptors (Lipinski definition) is 9. The second-order valence-corrected chi connectivity index (χ2v) is 6.79. The van der Waals surface area contributed by atoms with E-state index in [1.165, 1.54) is 6.07 Å². The SMILES string of the molecule is C.CSc1nc(N)nc(N[C@@H](COC(C)=O)C(=O)Nc2cccc(C(F)(F)F)c2)c1C#N. The minimum atomic E-state index is -4.59. The molecule has 0 aliphatic rings. The smallest absolute Gasteiger partial charge is 0.416 e. The van der Waals surface area contributed by atoms with Gasteiger partial charge in [0, 0.05) is 12.6 Å². The Morgan fingerprint density at radius 3 is 2.59 bits per heavy atom. The molecule has 0 bridgehead atoms. The Hall–Kier alpha value is -3.53. The van der Waals surface area contributed by atoms with Crippen LogP contribution in [0.1, 0.15) is 25.5 Å². The maximum atomic E-state index is 12.9. The zero-order valence-corrected chi connectivity index (χ0v) is 17.1. The number of nitrogen functional groups attached to an aromatic ring is 1. The van der Waals surface area contributed by atoms with Gasteiger partial charge in [0.05, 0.1) is 5.56 Å². The van der Waals surface area contributed by atoms with Crippen molar-refractivity contribution in [1.82, 2.24) is 9.97 Å². The summed E-state index contributed by atoms with van der Waals surface area (Å²) < 4.78 is 43.6. The van der Waals surface area contributed by atoms with Crippen LogP contribution < -0.4 is 16.4 Å². The lowest BCUT2D eigenvalue weighted by Gasteiger charge is -2.20. The van der Waals surface area contributed by atoms with E-state index < -0.39 is 36.3 Å². The number of halogens is 3. The molecule has 0 saturated carbocycles. The van der Waals surface area contributed by atoms with Gasteiger partial charge in [0.25, 0.3) is 0 Å². The number of hydrogen-bond donors (Lipinski definition) is 3. The van der Waals surface area contributed by atoms with Crippen LogP contribution in [0.15, 0.2) is 29.3 Å². The molecule has 1 aromatic carbocycles. The molecule has 4 N–H and O–H groups in total. The summed E-state index contributed by atoms with van der Waals surface area (Å²) in [5.41, 5.74) is 4.56. The number of anilines is 3. The van der Waals surface area contributed by atoms with Gasteiger partial charge >= 0.3 is 12.1 Å². The minimum absolute atomic E-state index is 0. The lowest BCUT2D eigenvalue weighted by atomic mass is 10.2. The summed E-state index contributed by atoms with van der Waals surface area (Å²) >= 11 is 1.12. The third kappa shape index (κ3) is 7.02. The van der Waals surface area contributed by atoms with Gasteiger partial charge in [-0.05, 0) is 24.5 Å². The van der Waals surface area contributed by atoms with Crippen molar-refractivity contribution >= 4 is 41.1 Å². The first-order valence-corrected chi connectivity index (χ1v) is 9.77. The zero-order chi connectivity index (χ0) is 23.2. The normalized spacial score (nSPS) is 11.5. The third-order valence-corrected chi connectivity index (χ3v) is 4.42. The van der Waals surface area contributed by atoms with Gasteiger partial charge in [-0.15, -0.1) is 11.8 Å². The van der Waals surface area contributed by atoms with Crippen molar-refractivity contribution in [2.24, 2.45) is 0 Å². The molecule has 13 heteroatoms. The summed E-state index contributed by atoms with van der Waals surface area (Å²) in [5, 5.41) is 14.6. The van der Waals surface area contributed by atoms with Crippen LogP contribution in [0.5, 0.6) is 0 Å². The number of carbonyl (C=O) groups is 2. The largest absolute Gasteiger partial charge is 0.463 e. The first-order valence-electron chi connectivity index (χ1n) is 8.54. The molecule has 172 valence electrons. The monoisotopic (exact) mass is 470 g/mol. The number of carbonyl (C=O) groups excluding carboxylic acids is 2. The van der Waals surface area contributed by atoms with Crippen LogP contribution in [0.4, 0.5) is 30.6 Å². The van der Waals surface area contributed by atoms with E-state index in [1.807, 2.05) is 6.07 Å². The molecular formula is C19H21F3N6O3S. The van der Waals surface area contributed by atoms with E-state index in [1.54, 1.807) is 6.26 Å². The number of aromatic nitrogens is 2. The van der Waals surface area contributed by atoms with Crippen molar-refractivity contribution in [2.45, 2.75) is 31.6 Å². The summed E-state index contributed by atoms with van der Waals surface area (Å²) in [6, 6.07) is 4.62. The fourth-order valence-corrected chi connectivity index (χ4v) is 2.89. The average molecular weight is 470 g/mol. The second kappa shape index (κ2) is 11.2. The Morgan fingerprint density at radius 1 is 1.34 bits per heavy atom. The fraction of sp³-hybridized carbons (Fsp3) is 0.316. The van der Waals surface area contributed by atoms with E-state index in [-0.39, 0.29) is 35.5 Å². The second-order valence-electron chi connectivity index (χ2n) is 5.99. The van der Waals surface area contributed by atoms with Gasteiger partial charge in [0.1, 0.15) is 29.3 Å². The van der Waals surface area contributed by atoms with Crippen LogP contribution in [0.3, 0.4) is 0 Å². The number of thioether (sulfide) groups is 1. The first-order chi connectivity index (χ1) is 14.5. The molecule has 32 heavy (non-hydrogen) atoms. The number of esters is 1. The molecule has 1 amide bonds. The number of amides is 1. The quantitative estimate of drug-likeness (QED) is 0.315. The Labute approximate surface area is 186 Å². The van der Waals surface area contributed by atoms with E-state index in [9.17, 15) is 28.0 Å². The molecule has 0 radical (unpaired) electrons. The highest BCUT2D eigenvalue weighted by molar-refractivity contribution is 7.98. The van der Waals surface area contributed by atoms with Crippen LogP contribution >= 0.6 is 11.8 Å². The number of alkyl halides is 3. The maximum absolute atomic E-state index is 12.9. The van der Waals surface area contributed by atoms with Crippen molar-refractivity contribution in [2.75, 3.05) is 29.2 Å². The van der Waals surface area contributed by atoms with Crippen LogP contribution in [0.25, 0.3) is 0 Å². The molecular weight excluding hydrogens is 449 g/mol. The Balaban J connectivity index is 0.00000512. The van der Waals surface area contributed by atoms with E-state index in [0.717, 1.165) is 36.9 Å². The fourth-order valence-electron chi connectivity index (χ4n) is 2.36. The van der Waals surface area contributed by atoms with Gasteiger partial charge in [-0.3, -0.25) is 9.59 Å². The van der Waals surface area contributed by atoms with Gasteiger partial charge in [-0.1, -0.05) is 13.5 Å². The van der Waals surface area contributed by atoms with Gasteiger partial charge in [-0.25, -0.2) is 4.98 Å². The summed E-state index contributed by atoms with van der Waals surface area (Å²) in [5.74, 6) is -1.77. The topological polar surface area (TPSA) is 143 Å². The van der Waals surface area contributed by atoms with Crippen molar-refractivity contribution in [3.05, 3.63) is 35.4 Å². The Kier molecular flexibility index (Phi) is 9.27. The summed E-state index contributed by atoms with van der Waals surface area (Å²) in [7, 11) is 0. The van der Waals surface area contributed by atoms with Gasteiger partial charge in [0.15, 0.2) is 5.82 Å². The first kappa shape index (κ1) is 26.5. The number of benzene rings is 1. The van der Waals surface area contributed by atoms with Gasteiger partial charge in [-0.2, -0.15) is 23.4 Å². The summed E-state index contributed by atoms with van der Waals surface area (Å²) in [4.78, 5) is 31.8. The van der Waals surface area contributed by atoms with E-state index in [0.29, 0.717) is 0 Å². The highest BCUT2D eigenvalue weighted by Crippen LogP contribution is 2.31. The number of rotatable bonds is 7. The number of ether oxygens (including phenoxy) is 1. The third-order valence-electron chi connectivity index (χ3n) is 3.74. The van der Waals surface area contributed by atoms with Crippen LogP contribution in [0, 0.1) is 11.3 Å². The highest BCUT2D eigenvalue weighted by atomic mass is 32.2. The van der Waals surface area contributed by atoms with E-state index in [2.05, 4.69) is 20.6 Å². The molecule has 1 atom stereocenters. The standard InChI is InChI=1S/C18H17F3N6O3S.CH4/c1-9(28)30-8-13(25-14-12(7-22)16(31-2)27-17(23)26-14)15(29)24-11-5-3-4-10(6-11)18(19,20)21;/h3-6,13H,8H2,1-2H3,(H,24,29)(H3,23,25,26,27);1H4/t13-;/m0./s1. The Bertz CT molecular complexity index is 1030. The molecule has 0 unspecified atom stereocenters. The maximum Gasteiger partial charge on any atom is 0.416 e. The van der Waals surface area contributed by atoms with E-state index in [4.69, 9.17) is 10.5 Å². The summed E-state index contributed by atoms with van der Waals surface area (Å²) in [6.07, 6.45) is -2.94. The number of nitriles is 1. The van der Waals surface area contributed by atoms with Gasteiger partial charge < -0.3 is 21.1 Å².